The summed E-state index contributed by atoms with van der Waals surface area (Å²) in [6.07, 6.45) is 5.56. The minimum atomic E-state index is -0.390. The molecule has 1 atom stereocenters. The molecule has 1 fully saturated rings. The Labute approximate surface area is 94.6 Å². The van der Waals surface area contributed by atoms with Crippen LogP contribution >= 0.6 is 0 Å². The number of hydrogen-bond donors (Lipinski definition) is 0. The van der Waals surface area contributed by atoms with Crippen molar-refractivity contribution in [1.82, 2.24) is 9.80 Å². The molecule has 5 nitrogen and oxygen atoms in total. The van der Waals surface area contributed by atoms with E-state index in [0.717, 1.165) is 12.8 Å². The maximum absolute atomic E-state index is 11.6. The first-order chi connectivity index (χ1) is 7.72. The van der Waals surface area contributed by atoms with E-state index < -0.39 is 0 Å². The highest BCUT2D eigenvalue weighted by Gasteiger charge is 2.33. The molecule has 0 spiro atoms. The first-order valence-electron chi connectivity index (χ1n) is 5.62. The maximum atomic E-state index is 11.6. The fourth-order valence-electron chi connectivity index (χ4n) is 2.11. The average molecular weight is 224 g/mol. The summed E-state index contributed by atoms with van der Waals surface area (Å²) < 4.78 is 4.92. The third-order valence-electron chi connectivity index (χ3n) is 2.95. The highest BCUT2D eigenvalue weighted by atomic mass is 16.6. The van der Waals surface area contributed by atoms with E-state index >= 15 is 0 Å². The molecule has 2 aliphatic rings. The molecule has 5 heteroatoms. The van der Waals surface area contributed by atoms with Gasteiger partial charge in [-0.05, 0) is 19.8 Å². The second-order valence-corrected chi connectivity index (χ2v) is 3.99. The molecule has 0 saturated carbocycles. The number of hydrogen-bond acceptors (Lipinski definition) is 3. The van der Waals surface area contributed by atoms with Crippen LogP contribution in [0.3, 0.4) is 0 Å². The SMILES string of the molecule is CCOC(=O)N1C=CCC2CCC(=O)N2C1. The summed E-state index contributed by atoms with van der Waals surface area (Å²) in [4.78, 5) is 26.4. The van der Waals surface area contributed by atoms with Crippen LogP contribution in [0.2, 0.25) is 0 Å². The summed E-state index contributed by atoms with van der Waals surface area (Å²) >= 11 is 0. The Morgan fingerprint density at radius 3 is 3.19 bits per heavy atom. The molecule has 0 aromatic carbocycles. The van der Waals surface area contributed by atoms with E-state index in [2.05, 4.69) is 0 Å². The van der Waals surface area contributed by atoms with E-state index in [-0.39, 0.29) is 18.0 Å². The summed E-state index contributed by atoms with van der Waals surface area (Å²) in [5, 5.41) is 0. The van der Waals surface area contributed by atoms with Crippen LogP contribution in [0.1, 0.15) is 26.2 Å². The molecule has 0 radical (unpaired) electrons. The number of ether oxygens (including phenoxy) is 1. The number of carbonyl (C=O) groups is 2. The molecule has 1 unspecified atom stereocenters. The minimum absolute atomic E-state index is 0.128. The third kappa shape index (κ3) is 2.03. The Bertz CT molecular complexity index is 327. The van der Waals surface area contributed by atoms with Gasteiger partial charge >= 0.3 is 6.09 Å². The number of rotatable bonds is 1. The lowest BCUT2D eigenvalue weighted by atomic mass is 10.1. The van der Waals surface area contributed by atoms with Crippen molar-refractivity contribution in [2.75, 3.05) is 13.3 Å². The van der Waals surface area contributed by atoms with Crippen molar-refractivity contribution in [2.45, 2.75) is 32.2 Å². The largest absolute Gasteiger partial charge is 0.449 e. The average Bonchev–Trinajstić information content (AvgIpc) is 2.52. The Kier molecular flexibility index (Phi) is 3.12. The Balaban J connectivity index is 2.06. The van der Waals surface area contributed by atoms with Gasteiger partial charge in [0.1, 0.15) is 6.67 Å². The van der Waals surface area contributed by atoms with Gasteiger partial charge in [-0.3, -0.25) is 9.69 Å². The van der Waals surface area contributed by atoms with Gasteiger partial charge in [-0.1, -0.05) is 6.08 Å². The van der Waals surface area contributed by atoms with Crippen LogP contribution in [0.15, 0.2) is 12.3 Å². The van der Waals surface area contributed by atoms with Crippen LogP contribution in [-0.4, -0.2) is 41.1 Å². The fraction of sp³-hybridized carbons (Fsp3) is 0.636. The van der Waals surface area contributed by atoms with E-state index in [1.54, 1.807) is 18.0 Å². The van der Waals surface area contributed by atoms with E-state index in [9.17, 15) is 9.59 Å². The van der Waals surface area contributed by atoms with Gasteiger partial charge in [0, 0.05) is 18.7 Å². The lowest BCUT2D eigenvalue weighted by Gasteiger charge is -2.26. The zero-order valence-electron chi connectivity index (χ0n) is 9.39. The maximum Gasteiger partial charge on any atom is 0.415 e. The molecule has 88 valence electrons. The van der Waals surface area contributed by atoms with Gasteiger partial charge in [-0.2, -0.15) is 0 Å². The van der Waals surface area contributed by atoms with Crippen molar-refractivity contribution in [3.8, 4) is 0 Å². The van der Waals surface area contributed by atoms with E-state index in [1.165, 1.54) is 4.90 Å². The van der Waals surface area contributed by atoms with Gasteiger partial charge in [-0.15, -0.1) is 0 Å². The topological polar surface area (TPSA) is 49.9 Å². The molecule has 0 aromatic heterocycles. The normalized spacial score (nSPS) is 24.3. The zero-order valence-corrected chi connectivity index (χ0v) is 9.39. The standard InChI is InChI=1S/C11H16N2O3/c1-2-16-11(15)12-7-3-4-9-5-6-10(14)13(9)8-12/h3,7,9H,2,4-6,8H2,1H3. The highest BCUT2D eigenvalue weighted by Crippen LogP contribution is 2.24. The van der Waals surface area contributed by atoms with Crippen LogP contribution in [0, 0.1) is 0 Å². The minimum Gasteiger partial charge on any atom is -0.449 e. The van der Waals surface area contributed by atoms with E-state index in [0.29, 0.717) is 19.7 Å². The van der Waals surface area contributed by atoms with Crippen molar-refractivity contribution >= 4 is 12.0 Å². The van der Waals surface area contributed by atoms with Crippen LogP contribution in [-0.2, 0) is 9.53 Å². The zero-order chi connectivity index (χ0) is 11.5. The van der Waals surface area contributed by atoms with Gasteiger partial charge in [0.2, 0.25) is 5.91 Å². The molecule has 0 N–H and O–H groups in total. The molecule has 0 aromatic rings. The number of carbonyl (C=O) groups excluding carboxylic acids is 2. The Morgan fingerprint density at radius 1 is 1.62 bits per heavy atom. The lowest BCUT2D eigenvalue weighted by molar-refractivity contribution is -0.130. The van der Waals surface area contributed by atoms with Crippen molar-refractivity contribution in [2.24, 2.45) is 0 Å². The molecular weight excluding hydrogens is 208 g/mol. The van der Waals surface area contributed by atoms with Crippen LogP contribution in [0.4, 0.5) is 4.79 Å². The molecule has 2 amide bonds. The van der Waals surface area contributed by atoms with Crippen molar-refractivity contribution in [3.05, 3.63) is 12.3 Å². The molecular formula is C11H16N2O3. The molecule has 0 bridgehead atoms. The predicted molar refractivity (Wildman–Crippen MR) is 57.4 cm³/mol. The van der Waals surface area contributed by atoms with Crippen molar-refractivity contribution in [3.63, 3.8) is 0 Å². The van der Waals surface area contributed by atoms with Gasteiger partial charge in [-0.25, -0.2) is 4.79 Å². The number of amides is 2. The molecule has 1 saturated heterocycles. The summed E-state index contributed by atoms with van der Waals surface area (Å²) in [5.74, 6) is 0.128. The lowest BCUT2D eigenvalue weighted by Crippen LogP contribution is -2.41. The van der Waals surface area contributed by atoms with Gasteiger partial charge in [0.25, 0.3) is 0 Å². The molecule has 0 aliphatic carbocycles. The molecule has 2 aliphatic heterocycles. The van der Waals surface area contributed by atoms with E-state index in [1.807, 2.05) is 6.08 Å². The first kappa shape index (κ1) is 11.0. The summed E-state index contributed by atoms with van der Waals surface area (Å²) in [5.41, 5.74) is 0. The fourth-order valence-corrected chi connectivity index (χ4v) is 2.11. The van der Waals surface area contributed by atoms with Gasteiger partial charge in [0.05, 0.1) is 6.61 Å². The molecule has 2 heterocycles. The van der Waals surface area contributed by atoms with Crippen molar-refractivity contribution in [1.29, 1.82) is 0 Å². The molecule has 16 heavy (non-hydrogen) atoms. The number of fused-ring (bicyclic) bond motifs is 1. The van der Waals surface area contributed by atoms with Gasteiger partial charge in [0.15, 0.2) is 0 Å². The quantitative estimate of drug-likeness (QED) is 0.674. The predicted octanol–water partition coefficient (Wildman–Crippen LogP) is 1.31. The Morgan fingerprint density at radius 2 is 2.44 bits per heavy atom. The smallest absolute Gasteiger partial charge is 0.415 e. The van der Waals surface area contributed by atoms with Crippen LogP contribution < -0.4 is 0 Å². The van der Waals surface area contributed by atoms with Crippen LogP contribution in [0.5, 0.6) is 0 Å². The summed E-state index contributed by atoms with van der Waals surface area (Å²) in [6, 6.07) is 0.253. The van der Waals surface area contributed by atoms with E-state index in [4.69, 9.17) is 4.74 Å². The third-order valence-corrected chi connectivity index (χ3v) is 2.95. The summed E-state index contributed by atoms with van der Waals surface area (Å²) in [7, 11) is 0. The number of nitrogens with zero attached hydrogens (tertiary/aromatic N) is 2. The van der Waals surface area contributed by atoms with Crippen LogP contribution in [0.25, 0.3) is 0 Å². The monoisotopic (exact) mass is 224 g/mol. The highest BCUT2D eigenvalue weighted by molar-refractivity contribution is 5.79. The van der Waals surface area contributed by atoms with Crippen molar-refractivity contribution < 1.29 is 14.3 Å². The Hall–Kier alpha value is -1.52. The second-order valence-electron chi connectivity index (χ2n) is 3.99. The molecule has 2 rings (SSSR count). The summed E-state index contributed by atoms with van der Waals surface area (Å²) in [6.45, 7) is 2.43. The second kappa shape index (κ2) is 4.55. The first-order valence-corrected chi connectivity index (χ1v) is 5.62. The van der Waals surface area contributed by atoms with Gasteiger partial charge < -0.3 is 9.64 Å².